The number of benzene rings is 2. The van der Waals surface area contributed by atoms with E-state index in [2.05, 4.69) is 6.58 Å². The molecule has 3 aromatic rings. The minimum atomic E-state index is -0.772. The second-order valence-corrected chi connectivity index (χ2v) is 6.90. The number of allylic oxidation sites excluding steroid dienone is 1. The van der Waals surface area contributed by atoms with Gasteiger partial charge >= 0.3 is 0 Å². The minimum absolute atomic E-state index is 0.154. The van der Waals surface area contributed by atoms with Gasteiger partial charge in [-0.1, -0.05) is 67.3 Å². The lowest BCUT2D eigenvalue weighted by Gasteiger charge is -2.11. The first-order valence-electron chi connectivity index (χ1n) is 9.47. The predicted octanol–water partition coefficient (Wildman–Crippen LogP) is 5.34. The third-order valence-electron chi connectivity index (χ3n) is 4.93. The van der Waals surface area contributed by atoms with E-state index in [0.717, 1.165) is 34.4 Å². The van der Waals surface area contributed by atoms with E-state index in [1.807, 2.05) is 49.4 Å². The zero-order chi connectivity index (χ0) is 21.8. The van der Waals surface area contributed by atoms with Crippen LogP contribution in [0.15, 0.2) is 72.0 Å². The molecule has 0 saturated carbocycles. The van der Waals surface area contributed by atoms with Gasteiger partial charge < -0.3 is 10.2 Å². The van der Waals surface area contributed by atoms with Crippen molar-refractivity contribution in [1.82, 2.24) is 0 Å². The first kappa shape index (κ1) is 20.8. The van der Waals surface area contributed by atoms with Gasteiger partial charge in [-0.3, -0.25) is 9.59 Å². The maximum Gasteiger partial charge on any atom is 0.224 e. The standard InChI is InChI=1S/C26H22O4/c1-4-7-20-17(5-2)8-6-9-21(20)18-10-12-19(13-11-18)25(29)22-15-24(28)26(30)23(27)14-16(22)3/h4-15H,2H2,1,3H3,(H2,27,28,30)/b7-4-. The van der Waals surface area contributed by atoms with Crippen molar-refractivity contribution in [3.8, 4) is 22.6 Å². The second-order valence-electron chi connectivity index (χ2n) is 6.90. The number of rotatable bonds is 5. The minimum Gasteiger partial charge on any atom is -0.504 e. The summed E-state index contributed by atoms with van der Waals surface area (Å²) < 4.78 is 0. The van der Waals surface area contributed by atoms with E-state index < -0.39 is 16.9 Å². The molecule has 0 radical (unpaired) electrons. The number of carbonyl (C=O) groups excluding carboxylic acids is 1. The molecule has 0 amide bonds. The average molecular weight is 398 g/mol. The molecule has 0 bridgehead atoms. The summed E-state index contributed by atoms with van der Waals surface area (Å²) in [5.41, 5.74) is 4.22. The summed E-state index contributed by atoms with van der Waals surface area (Å²) in [6.07, 6.45) is 5.80. The van der Waals surface area contributed by atoms with Crippen LogP contribution in [0.25, 0.3) is 23.3 Å². The van der Waals surface area contributed by atoms with Gasteiger partial charge in [0.05, 0.1) is 0 Å². The third kappa shape index (κ3) is 3.94. The van der Waals surface area contributed by atoms with Crippen LogP contribution in [0.1, 0.15) is 39.5 Å². The van der Waals surface area contributed by atoms with Crippen molar-refractivity contribution < 1.29 is 15.0 Å². The molecule has 30 heavy (non-hydrogen) atoms. The summed E-state index contributed by atoms with van der Waals surface area (Å²) in [4.78, 5) is 24.8. The Morgan fingerprint density at radius 1 is 1.03 bits per heavy atom. The Morgan fingerprint density at radius 2 is 1.73 bits per heavy atom. The number of aryl methyl sites for hydroxylation is 1. The summed E-state index contributed by atoms with van der Waals surface area (Å²) in [5.74, 6) is -1.74. The van der Waals surface area contributed by atoms with Crippen molar-refractivity contribution in [2.45, 2.75) is 13.8 Å². The first-order valence-corrected chi connectivity index (χ1v) is 9.47. The quantitative estimate of drug-likeness (QED) is 0.569. The maximum atomic E-state index is 13.0. The number of hydrogen-bond donors (Lipinski definition) is 2. The van der Waals surface area contributed by atoms with Crippen LogP contribution in [-0.4, -0.2) is 16.0 Å². The van der Waals surface area contributed by atoms with Crippen molar-refractivity contribution in [2.24, 2.45) is 0 Å². The van der Waals surface area contributed by atoms with Gasteiger partial charge in [0.15, 0.2) is 11.5 Å². The highest BCUT2D eigenvalue weighted by molar-refractivity contribution is 6.10. The summed E-state index contributed by atoms with van der Waals surface area (Å²) in [5, 5.41) is 19.5. The lowest BCUT2D eigenvalue weighted by atomic mass is 9.93. The molecule has 4 nitrogen and oxygen atoms in total. The van der Waals surface area contributed by atoms with E-state index in [4.69, 9.17) is 0 Å². The van der Waals surface area contributed by atoms with Gasteiger partial charge in [-0.25, -0.2) is 0 Å². The lowest BCUT2D eigenvalue weighted by molar-refractivity contribution is 0.103. The Labute approximate surface area is 175 Å². The van der Waals surface area contributed by atoms with Crippen LogP contribution in [0, 0.1) is 6.92 Å². The van der Waals surface area contributed by atoms with E-state index in [9.17, 15) is 19.8 Å². The zero-order valence-electron chi connectivity index (χ0n) is 16.8. The smallest absolute Gasteiger partial charge is 0.224 e. The molecule has 0 unspecified atom stereocenters. The molecule has 4 heteroatoms. The van der Waals surface area contributed by atoms with Crippen LogP contribution >= 0.6 is 0 Å². The van der Waals surface area contributed by atoms with Crippen LogP contribution in [0.2, 0.25) is 0 Å². The van der Waals surface area contributed by atoms with Gasteiger partial charge in [0.2, 0.25) is 11.2 Å². The number of ketones is 1. The normalized spacial score (nSPS) is 10.9. The maximum absolute atomic E-state index is 13.0. The van der Waals surface area contributed by atoms with Gasteiger partial charge in [-0.05, 0) is 53.8 Å². The largest absolute Gasteiger partial charge is 0.504 e. The van der Waals surface area contributed by atoms with Crippen molar-refractivity contribution in [3.63, 3.8) is 0 Å². The topological polar surface area (TPSA) is 74.6 Å². The van der Waals surface area contributed by atoms with E-state index >= 15 is 0 Å². The molecule has 0 aliphatic heterocycles. The predicted molar refractivity (Wildman–Crippen MR) is 121 cm³/mol. The molecule has 3 rings (SSSR count). The van der Waals surface area contributed by atoms with Gasteiger partial charge in [-0.2, -0.15) is 0 Å². The fraction of sp³-hybridized carbons (Fsp3) is 0.0769. The third-order valence-corrected chi connectivity index (χ3v) is 4.93. The average Bonchev–Trinajstić information content (AvgIpc) is 2.85. The van der Waals surface area contributed by atoms with Crippen LogP contribution in [0.4, 0.5) is 0 Å². The van der Waals surface area contributed by atoms with Crippen molar-refractivity contribution in [2.75, 3.05) is 0 Å². The van der Waals surface area contributed by atoms with Crippen LogP contribution in [0.5, 0.6) is 11.5 Å². The Kier molecular flexibility index (Phi) is 5.98. The molecule has 0 aromatic heterocycles. The molecule has 0 aliphatic carbocycles. The fourth-order valence-electron chi connectivity index (χ4n) is 3.35. The molecule has 3 aromatic carbocycles. The van der Waals surface area contributed by atoms with Gasteiger partial charge in [0, 0.05) is 11.1 Å². The first-order chi connectivity index (χ1) is 14.4. The molecular weight excluding hydrogens is 376 g/mol. The molecule has 0 heterocycles. The molecule has 0 fully saturated rings. The summed E-state index contributed by atoms with van der Waals surface area (Å²) in [7, 11) is 0. The molecule has 0 saturated heterocycles. The highest BCUT2D eigenvalue weighted by Gasteiger charge is 2.15. The number of hydrogen-bond acceptors (Lipinski definition) is 4. The van der Waals surface area contributed by atoms with Crippen LogP contribution in [0.3, 0.4) is 0 Å². The fourth-order valence-corrected chi connectivity index (χ4v) is 3.35. The molecule has 0 spiro atoms. The van der Waals surface area contributed by atoms with E-state index in [1.54, 1.807) is 25.1 Å². The van der Waals surface area contributed by atoms with Crippen molar-refractivity contribution in [3.05, 3.63) is 105 Å². The lowest BCUT2D eigenvalue weighted by Crippen LogP contribution is -2.03. The van der Waals surface area contributed by atoms with Crippen molar-refractivity contribution >= 4 is 17.9 Å². The van der Waals surface area contributed by atoms with Crippen LogP contribution < -0.4 is 5.43 Å². The number of carbonyl (C=O) groups is 1. The second kappa shape index (κ2) is 8.62. The van der Waals surface area contributed by atoms with E-state index in [-0.39, 0.29) is 11.3 Å². The Morgan fingerprint density at radius 3 is 2.37 bits per heavy atom. The zero-order valence-corrected chi connectivity index (χ0v) is 16.8. The Bertz CT molecular complexity index is 1220. The molecule has 0 aliphatic rings. The number of aromatic hydroxyl groups is 2. The highest BCUT2D eigenvalue weighted by atomic mass is 16.3. The van der Waals surface area contributed by atoms with Gasteiger partial charge in [-0.15, -0.1) is 0 Å². The van der Waals surface area contributed by atoms with E-state index in [0.29, 0.717) is 11.1 Å². The summed E-state index contributed by atoms with van der Waals surface area (Å²) >= 11 is 0. The molecule has 2 N–H and O–H groups in total. The highest BCUT2D eigenvalue weighted by Crippen LogP contribution is 2.29. The summed E-state index contributed by atoms with van der Waals surface area (Å²) in [6, 6.07) is 15.4. The summed E-state index contributed by atoms with van der Waals surface area (Å²) in [6.45, 7) is 7.42. The Hall–Kier alpha value is -3.92. The molecule has 150 valence electrons. The monoisotopic (exact) mass is 398 g/mol. The van der Waals surface area contributed by atoms with Crippen molar-refractivity contribution in [1.29, 1.82) is 0 Å². The van der Waals surface area contributed by atoms with E-state index in [1.165, 1.54) is 0 Å². The Balaban J connectivity index is 2.05. The SMILES string of the molecule is C=Cc1cccc(-c2ccc(C(=O)c3cc(O)c(O)c(=O)cc3C)cc2)c1/C=C\C. The molecular formula is C26H22O4. The molecule has 0 atom stereocenters. The van der Waals surface area contributed by atoms with Gasteiger partial charge in [0.25, 0.3) is 0 Å². The van der Waals surface area contributed by atoms with Crippen LogP contribution in [-0.2, 0) is 0 Å². The van der Waals surface area contributed by atoms with Gasteiger partial charge in [0.1, 0.15) is 0 Å².